The Kier molecular flexibility index (Phi) is 5.00. The number of amides is 2. The van der Waals surface area contributed by atoms with Crippen molar-refractivity contribution in [2.24, 2.45) is 11.8 Å². The molecule has 3 heterocycles. The Balaban J connectivity index is 1.44. The molecule has 5 rings (SSSR count). The number of halogens is 2. The second kappa shape index (κ2) is 7.65. The van der Waals surface area contributed by atoms with Crippen LogP contribution in [0.1, 0.15) is 46.7 Å². The molecule has 0 spiro atoms. The number of benzene rings is 1. The molecule has 2 aliphatic heterocycles. The topological polar surface area (TPSA) is 101 Å². The number of hydrogen-bond acceptors (Lipinski definition) is 5. The van der Waals surface area contributed by atoms with Gasteiger partial charge in [0.2, 0.25) is 5.43 Å². The zero-order valence-corrected chi connectivity index (χ0v) is 18.0. The largest absolute Gasteiger partial charge is 0.503 e. The molecular weight excluding hydrogens is 436 g/mol. The molecule has 3 aliphatic rings. The predicted molar refractivity (Wildman–Crippen MR) is 111 cm³/mol. The van der Waals surface area contributed by atoms with Crippen LogP contribution in [0.25, 0.3) is 0 Å². The second-order valence-corrected chi connectivity index (χ2v) is 9.00. The first-order chi connectivity index (χ1) is 15.7. The molecule has 8 nitrogen and oxygen atoms in total. The highest BCUT2D eigenvalue weighted by Gasteiger charge is 2.53. The molecule has 174 valence electrons. The number of nitrogens with zero attached hydrogens (tertiary/aromatic N) is 2. The van der Waals surface area contributed by atoms with Crippen molar-refractivity contribution in [3.05, 3.63) is 63.1 Å². The van der Waals surface area contributed by atoms with Gasteiger partial charge in [0.25, 0.3) is 11.8 Å². The molecule has 33 heavy (non-hydrogen) atoms. The summed E-state index contributed by atoms with van der Waals surface area (Å²) in [6.45, 7) is 4.02. The first-order valence-electron chi connectivity index (χ1n) is 10.8. The molecule has 2 bridgehead atoms. The maximum absolute atomic E-state index is 13.8. The van der Waals surface area contributed by atoms with Crippen LogP contribution in [0.2, 0.25) is 0 Å². The highest BCUT2D eigenvalue weighted by Crippen LogP contribution is 2.44. The van der Waals surface area contributed by atoms with Crippen molar-refractivity contribution in [1.82, 2.24) is 14.8 Å². The number of nitrogens with one attached hydrogen (secondary N) is 1. The third-order valence-corrected chi connectivity index (χ3v) is 7.24. The fourth-order valence-corrected chi connectivity index (χ4v) is 5.20. The van der Waals surface area contributed by atoms with E-state index in [1.54, 1.807) is 4.90 Å². The zero-order valence-electron chi connectivity index (χ0n) is 18.0. The van der Waals surface area contributed by atoms with E-state index in [0.717, 1.165) is 6.07 Å². The lowest BCUT2D eigenvalue weighted by Gasteiger charge is -2.45. The van der Waals surface area contributed by atoms with Gasteiger partial charge in [-0.25, -0.2) is 8.78 Å². The number of rotatable bonds is 3. The SMILES string of the molecule is C[C@@H]1C2CC(O[C@H]3Cn4cc(C(=O)NCc5ccc(F)cc5F)c(=O)c(O)c4C(=O)N23)[C@@H]1C. The van der Waals surface area contributed by atoms with E-state index in [-0.39, 0.29) is 53.9 Å². The minimum atomic E-state index is -0.992. The van der Waals surface area contributed by atoms with Gasteiger partial charge in [0.1, 0.15) is 17.2 Å². The lowest BCUT2D eigenvalue weighted by atomic mass is 9.96. The summed E-state index contributed by atoms with van der Waals surface area (Å²) in [5.41, 5.74) is -1.52. The van der Waals surface area contributed by atoms with Crippen LogP contribution in [0.15, 0.2) is 29.2 Å². The Morgan fingerprint density at radius 2 is 2.00 bits per heavy atom. The van der Waals surface area contributed by atoms with Crippen molar-refractivity contribution < 1.29 is 28.2 Å². The lowest BCUT2D eigenvalue weighted by Crippen LogP contribution is -2.58. The summed E-state index contributed by atoms with van der Waals surface area (Å²) in [5.74, 6) is -3.28. The molecule has 2 N–H and O–H groups in total. The fraction of sp³-hybridized carbons (Fsp3) is 0.435. The maximum Gasteiger partial charge on any atom is 0.276 e. The number of carbonyl (C=O) groups excluding carboxylic acids is 2. The predicted octanol–water partition coefficient (Wildman–Crippen LogP) is 1.99. The summed E-state index contributed by atoms with van der Waals surface area (Å²) in [6, 6.07) is 2.89. The summed E-state index contributed by atoms with van der Waals surface area (Å²) in [7, 11) is 0. The first kappa shape index (κ1) is 21.6. The van der Waals surface area contributed by atoms with Gasteiger partial charge in [-0.1, -0.05) is 19.9 Å². The minimum Gasteiger partial charge on any atom is -0.503 e. The van der Waals surface area contributed by atoms with Crippen molar-refractivity contribution >= 4 is 11.8 Å². The number of pyridine rings is 1. The fourth-order valence-electron chi connectivity index (χ4n) is 5.20. The number of hydrogen-bond donors (Lipinski definition) is 2. The second-order valence-electron chi connectivity index (χ2n) is 9.00. The Hall–Kier alpha value is -3.27. The van der Waals surface area contributed by atoms with Gasteiger partial charge in [-0.2, -0.15) is 0 Å². The maximum atomic E-state index is 13.8. The molecule has 2 aromatic rings. The monoisotopic (exact) mass is 459 g/mol. The molecule has 1 aliphatic carbocycles. The number of aromatic hydroxyl groups is 1. The van der Waals surface area contributed by atoms with Crippen molar-refractivity contribution in [1.29, 1.82) is 0 Å². The number of carbonyl (C=O) groups is 2. The van der Waals surface area contributed by atoms with E-state index in [0.29, 0.717) is 12.5 Å². The Morgan fingerprint density at radius 1 is 1.24 bits per heavy atom. The summed E-state index contributed by atoms with van der Waals surface area (Å²) in [5, 5.41) is 13.0. The van der Waals surface area contributed by atoms with E-state index in [9.17, 15) is 28.3 Å². The summed E-state index contributed by atoms with van der Waals surface area (Å²) in [4.78, 5) is 40.3. The van der Waals surface area contributed by atoms with E-state index in [2.05, 4.69) is 19.2 Å². The van der Waals surface area contributed by atoms with Crippen LogP contribution >= 0.6 is 0 Å². The third-order valence-electron chi connectivity index (χ3n) is 7.24. The standard InChI is InChI=1S/C23H23F2N3O5/c1-10-11(2)17-6-16(10)28-18(33-17)9-27-8-14(20(29)21(30)19(27)23(28)32)22(31)26-7-12-3-4-13(24)5-15(12)25/h3-5,8,10-11,16-18,30H,6-7,9H2,1-2H3,(H,26,31)/t10-,11+,16?,17?,18-/m0/s1. The summed E-state index contributed by atoms with van der Waals surface area (Å²) in [6.07, 6.45) is 1.38. The highest BCUT2D eigenvalue weighted by atomic mass is 19.1. The number of ether oxygens (including phenoxy) is 1. The van der Waals surface area contributed by atoms with Gasteiger partial charge >= 0.3 is 0 Å². The van der Waals surface area contributed by atoms with Gasteiger partial charge in [0, 0.05) is 30.4 Å². The zero-order chi connectivity index (χ0) is 23.6. The van der Waals surface area contributed by atoms with Gasteiger partial charge in [-0.05, 0) is 24.3 Å². The van der Waals surface area contributed by atoms with E-state index in [4.69, 9.17) is 4.74 Å². The van der Waals surface area contributed by atoms with E-state index < -0.39 is 40.9 Å². The molecular formula is C23H23F2N3O5. The van der Waals surface area contributed by atoms with Crippen LogP contribution in [-0.2, 0) is 17.8 Å². The highest BCUT2D eigenvalue weighted by molar-refractivity contribution is 5.99. The smallest absolute Gasteiger partial charge is 0.276 e. The van der Waals surface area contributed by atoms with E-state index in [1.165, 1.54) is 16.8 Å². The molecule has 5 atom stereocenters. The molecule has 1 saturated carbocycles. The molecule has 2 amide bonds. The summed E-state index contributed by atoms with van der Waals surface area (Å²) < 4.78 is 34.4. The summed E-state index contributed by atoms with van der Waals surface area (Å²) >= 11 is 0. The Morgan fingerprint density at radius 3 is 2.73 bits per heavy atom. The molecule has 2 fully saturated rings. The van der Waals surface area contributed by atoms with Gasteiger partial charge in [0.05, 0.1) is 12.6 Å². The van der Waals surface area contributed by atoms with Gasteiger partial charge in [-0.3, -0.25) is 14.4 Å². The molecule has 1 aromatic carbocycles. The van der Waals surface area contributed by atoms with Gasteiger partial charge < -0.3 is 24.6 Å². The Labute approximate surface area is 187 Å². The quantitative estimate of drug-likeness (QED) is 0.731. The van der Waals surface area contributed by atoms with Crippen LogP contribution in [0, 0.1) is 23.5 Å². The van der Waals surface area contributed by atoms with Gasteiger partial charge in [-0.15, -0.1) is 0 Å². The Bertz CT molecular complexity index is 1230. The molecule has 2 unspecified atom stereocenters. The van der Waals surface area contributed by atoms with E-state index >= 15 is 0 Å². The van der Waals surface area contributed by atoms with Crippen molar-refractivity contribution in [3.8, 4) is 5.75 Å². The molecule has 0 radical (unpaired) electrons. The number of aromatic nitrogens is 1. The van der Waals surface area contributed by atoms with E-state index in [1.807, 2.05) is 0 Å². The normalized spacial score (nSPS) is 27.8. The molecule has 1 aromatic heterocycles. The van der Waals surface area contributed by atoms with Crippen LogP contribution < -0.4 is 10.7 Å². The van der Waals surface area contributed by atoms with Crippen LogP contribution in [0.3, 0.4) is 0 Å². The van der Waals surface area contributed by atoms with Crippen molar-refractivity contribution in [3.63, 3.8) is 0 Å². The lowest BCUT2D eigenvalue weighted by molar-refractivity contribution is -0.138. The average molecular weight is 459 g/mol. The van der Waals surface area contributed by atoms with Crippen LogP contribution in [0.5, 0.6) is 5.75 Å². The van der Waals surface area contributed by atoms with Crippen LogP contribution in [0.4, 0.5) is 8.78 Å². The molecule has 1 saturated heterocycles. The van der Waals surface area contributed by atoms with Crippen LogP contribution in [-0.4, -0.2) is 44.8 Å². The first-order valence-corrected chi connectivity index (χ1v) is 10.8. The van der Waals surface area contributed by atoms with Crippen molar-refractivity contribution in [2.45, 2.75) is 51.7 Å². The minimum absolute atomic E-state index is 0.0157. The van der Waals surface area contributed by atoms with Crippen molar-refractivity contribution in [2.75, 3.05) is 0 Å². The van der Waals surface area contributed by atoms with Gasteiger partial charge in [0.15, 0.2) is 17.7 Å². The third kappa shape index (κ3) is 3.31. The number of fused-ring (bicyclic) bond motifs is 5. The molecule has 10 heteroatoms. The average Bonchev–Trinajstić information content (AvgIpc) is 2.99.